The van der Waals surface area contributed by atoms with Gasteiger partial charge in [-0.15, -0.1) is 0 Å². The predicted molar refractivity (Wildman–Crippen MR) is 71.4 cm³/mol. The van der Waals surface area contributed by atoms with Gasteiger partial charge in [0.1, 0.15) is 0 Å². The molecule has 1 amide bonds. The van der Waals surface area contributed by atoms with Gasteiger partial charge in [-0.05, 0) is 30.7 Å². The molecule has 0 saturated carbocycles. The second-order valence-corrected chi connectivity index (χ2v) is 4.31. The van der Waals surface area contributed by atoms with Gasteiger partial charge in [-0.1, -0.05) is 6.92 Å². The first-order valence-corrected chi connectivity index (χ1v) is 5.99. The van der Waals surface area contributed by atoms with E-state index in [2.05, 4.69) is 17.6 Å². The van der Waals surface area contributed by atoms with E-state index in [0.717, 1.165) is 17.3 Å². The lowest BCUT2D eigenvalue weighted by atomic mass is 10.1. The number of hydrogen-bond acceptors (Lipinski definition) is 2. The standard InChI is InChI=1S/C14H18N2O2/c1-5-12-9-11-8-10(14(17)16(3)18-4)6-7-13(11)15(12)2/h6-9H,5H2,1-4H3. The van der Waals surface area contributed by atoms with Gasteiger partial charge >= 0.3 is 0 Å². The molecule has 4 nitrogen and oxygen atoms in total. The number of rotatable bonds is 3. The molecule has 0 aliphatic rings. The van der Waals surface area contributed by atoms with Crippen molar-refractivity contribution in [2.75, 3.05) is 14.2 Å². The van der Waals surface area contributed by atoms with E-state index in [1.165, 1.54) is 17.9 Å². The van der Waals surface area contributed by atoms with E-state index < -0.39 is 0 Å². The summed E-state index contributed by atoms with van der Waals surface area (Å²) in [6.07, 6.45) is 0.979. The molecule has 18 heavy (non-hydrogen) atoms. The molecule has 0 saturated heterocycles. The van der Waals surface area contributed by atoms with Crippen LogP contribution in [0.25, 0.3) is 10.9 Å². The summed E-state index contributed by atoms with van der Waals surface area (Å²) in [5.41, 5.74) is 3.04. The first kappa shape index (κ1) is 12.6. The molecule has 0 aliphatic heterocycles. The summed E-state index contributed by atoms with van der Waals surface area (Å²) in [5, 5.41) is 2.31. The molecule has 1 heterocycles. The highest BCUT2D eigenvalue weighted by Crippen LogP contribution is 2.21. The van der Waals surface area contributed by atoms with E-state index in [1.54, 1.807) is 7.05 Å². The van der Waals surface area contributed by atoms with Gasteiger partial charge in [0.25, 0.3) is 5.91 Å². The fourth-order valence-electron chi connectivity index (χ4n) is 2.14. The lowest BCUT2D eigenvalue weighted by molar-refractivity contribution is -0.0756. The molecule has 4 heteroatoms. The van der Waals surface area contributed by atoms with E-state index in [9.17, 15) is 4.79 Å². The molecule has 2 rings (SSSR count). The van der Waals surface area contributed by atoms with Gasteiger partial charge in [0, 0.05) is 36.3 Å². The van der Waals surface area contributed by atoms with Crippen molar-refractivity contribution in [3.63, 3.8) is 0 Å². The number of nitrogens with zero attached hydrogens (tertiary/aromatic N) is 2. The van der Waals surface area contributed by atoms with Crippen molar-refractivity contribution >= 4 is 16.8 Å². The van der Waals surface area contributed by atoms with Crippen LogP contribution in [-0.2, 0) is 18.3 Å². The Bertz CT molecular complexity index is 587. The Balaban J connectivity index is 2.48. The van der Waals surface area contributed by atoms with Crippen LogP contribution in [0, 0.1) is 0 Å². The fourth-order valence-corrected chi connectivity index (χ4v) is 2.14. The second kappa shape index (κ2) is 4.82. The Hall–Kier alpha value is -1.81. The SMILES string of the molecule is CCc1cc2cc(C(=O)N(C)OC)ccc2n1C. The van der Waals surface area contributed by atoms with Gasteiger partial charge in [0.15, 0.2) is 0 Å². The number of fused-ring (bicyclic) bond motifs is 1. The van der Waals surface area contributed by atoms with Crippen LogP contribution in [0.15, 0.2) is 24.3 Å². The van der Waals surface area contributed by atoms with Gasteiger partial charge in [-0.2, -0.15) is 0 Å². The molecular weight excluding hydrogens is 228 g/mol. The van der Waals surface area contributed by atoms with E-state index >= 15 is 0 Å². The van der Waals surface area contributed by atoms with Crippen molar-refractivity contribution < 1.29 is 9.63 Å². The van der Waals surface area contributed by atoms with Crippen molar-refractivity contribution in [2.45, 2.75) is 13.3 Å². The maximum absolute atomic E-state index is 12.0. The lowest BCUT2D eigenvalue weighted by Crippen LogP contribution is -2.25. The predicted octanol–water partition coefficient (Wildman–Crippen LogP) is 2.37. The minimum atomic E-state index is -0.138. The number of aromatic nitrogens is 1. The summed E-state index contributed by atoms with van der Waals surface area (Å²) in [5.74, 6) is -0.138. The third-order valence-electron chi connectivity index (χ3n) is 3.31. The molecule has 0 unspecified atom stereocenters. The molecule has 0 aliphatic carbocycles. The third kappa shape index (κ3) is 1.99. The van der Waals surface area contributed by atoms with Gasteiger partial charge in [-0.25, -0.2) is 5.06 Å². The number of carbonyl (C=O) groups is 1. The zero-order valence-corrected chi connectivity index (χ0v) is 11.2. The minimum Gasteiger partial charge on any atom is -0.348 e. The molecule has 0 radical (unpaired) electrons. The third-order valence-corrected chi connectivity index (χ3v) is 3.31. The van der Waals surface area contributed by atoms with Crippen molar-refractivity contribution in [3.05, 3.63) is 35.5 Å². The van der Waals surface area contributed by atoms with Gasteiger partial charge < -0.3 is 4.57 Å². The number of benzene rings is 1. The second-order valence-electron chi connectivity index (χ2n) is 4.31. The summed E-state index contributed by atoms with van der Waals surface area (Å²) in [4.78, 5) is 16.9. The highest BCUT2D eigenvalue weighted by Gasteiger charge is 2.13. The van der Waals surface area contributed by atoms with Gasteiger partial charge in [-0.3, -0.25) is 9.63 Å². The summed E-state index contributed by atoms with van der Waals surface area (Å²) in [7, 11) is 5.13. The number of aryl methyl sites for hydroxylation is 2. The molecule has 0 bridgehead atoms. The summed E-state index contributed by atoms with van der Waals surface area (Å²) < 4.78 is 2.16. The maximum atomic E-state index is 12.0. The summed E-state index contributed by atoms with van der Waals surface area (Å²) in [6.45, 7) is 2.12. The van der Waals surface area contributed by atoms with Crippen molar-refractivity contribution in [1.29, 1.82) is 0 Å². The first-order chi connectivity index (χ1) is 8.58. The molecule has 2 aromatic rings. The highest BCUT2D eigenvalue weighted by molar-refractivity contribution is 5.97. The van der Waals surface area contributed by atoms with Crippen LogP contribution in [0.5, 0.6) is 0 Å². The maximum Gasteiger partial charge on any atom is 0.277 e. The van der Waals surface area contributed by atoms with E-state index in [0.29, 0.717) is 5.56 Å². The number of hydroxylamine groups is 2. The Labute approximate surface area is 107 Å². The molecular formula is C14H18N2O2. The minimum absolute atomic E-state index is 0.138. The largest absolute Gasteiger partial charge is 0.348 e. The van der Waals surface area contributed by atoms with E-state index in [1.807, 2.05) is 25.2 Å². The average Bonchev–Trinajstić information content (AvgIpc) is 2.73. The van der Waals surface area contributed by atoms with E-state index in [4.69, 9.17) is 4.84 Å². The Morgan fingerprint density at radius 1 is 1.39 bits per heavy atom. The molecule has 1 aromatic carbocycles. The Morgan fingerprint density at radius 3 is 2.72 bits per heavy atom. The molecule has 0 spiro atoms. The molecule has 0 N–H and O–H groups in total. The normalized spacial score (nSPS) is 10.9. The van der Waals surface area contributed by atoms with Crippen LogP contribution in [0.3, 0.4) is 0 Å². The lowest BCUT2D eigenvalue weighted by Gasteiger charge is -2.13. The zero-order chi connectivity index (χ0) is 13.3. The molecule has 1 aromatic heterocycles. The fraction of sp³-hybridized carbons (Fsp3) is 0.357. The number of amides is 1. The van der Waals surface area contributed by atoms with E-state index in [-0.39, 0.29) is 5.91 Å². The van der Waals surface area contributed by atoms with Crippen LogP contribution < -0.4 is 0 Å². The van der Waals surface area contributed by atoms with Crippen LogP contribution in [-0.4, -0.2) is 29.7 Å². The Kier molecular flexibility index (Phi) is 3.39. The monoisotopic (exact) mass is 246 g/mol. The topological polar surface area (TPSA) is 34.5 Å². The van der Waals surface area contributed by atoms with Crippen LogP contribution in [0.2, 0.25) is 0 Å². The molecule has 0 atom stereocenters. The van der Waals surface area contributed by atoms with Gasteiger partial charge in [0.05, 0.1) is 7.11 Å². The molecule has 0 fully saturated rings. The summed E-state index contributed by atoms with van der Waals surface area (Å²) >= 11 is 0. The Morgan fingerprint density at radius 2 is 2.11 bits per heavy atom. The quantitative estimate of drug-likeness (QED) is 0.779. The highest BCUT2D eigenvalue weighted by atomic mass is 16.7. The van der Waals surface area contributed by atoms with Crippen molar-refractivity contribution in [1.82, 2.24) is 9.63 Å². The molecule has 96 valence electrons. The van der Waals surface area contributed by atoms with Crippen LogP contribution in [0.1, 0.15) is 23.0 Å². The summed E-state index contributed by atoms with van der Waals surface area (Å²) in [6, 6.07) is 7.84. The number of hydrogen-bond donors (Lipinski definition) is 0. The number of carbonyl (C=O) groups excluding carboxylic acids is 1. The van der Waals surface area contributed by atoms with Crippen molar-refractivity contribution in [3.8, 4) is 0 Å². The van der Waals surface area contributed by atoms with Gasteiger partial charge in [0.2, 0.25) is 0 Å². The first-order valence-electron chi connectivity index (χ1n) is 5.99. The average molecular weight is 246 g/mol. The van der Waals surface area contributed by atoms with Crippen LogP contribution in [0.4, 0.5) is 0 Å². The smallest absolute Gasteiger partial charge is 0.277 e. The van der Waals surface area contributed by atoms with Crippen molar-refractivity contribution in [2.24, 2.45) is 7.05 Å². The zero-order valence-electron chi connectivity index (χ0n) is 11.2. The van der Waals surface area contributed by atoms with Crippen LogP contribution >= 0.6 is 0 Å².